The quantitative estimate of drug-likeness (QED) is 0.898. The third-order valence-corrected chi connectivity index (χ3v) is 3.78. The summed E-state index contributed by atoms with van der Waals surface area (Å²) in [6.45, 7) is 5.83. The van der Waals surface area contributed by atoms with Crippen LogP contribution in [0.25, 0.3) is 0 Å². The van der Waals surface area contributed by atoms with Gasteiger partial charge in [-0.15, -0.1) is 0 Å². The molecule has 3 rings (SSSR count). The first-order valence-electron chi connectivity index (χ1n) is 7.22. The lowest BCUT2D eigenvalue weighted by molar-refractivity contribution is 0.0257. The van der Waals surface area contributed by atoms with E-state index in [2.05, 4.69) is 34.5 Å². The van der Waals surface area contributed by atoms with E-state index in [9.17, 15) is 0 Å². The van der Waals surface area contributed by atoms with E-state index in [1.807, 2.05) is 0 Å². The van der Waals surface area contributed by atoms with Crippen molar-refractivity contribution >= 4 is 5.69 Å². The molecule has 2 saturated heterocycles. The number of para-hydroxylation sites is 2. The van der Waals surface area contributed by atoms with Gasteiger partial charge in [0.25, 0.3) is 0 Å². The standard InChI is InChI=1S/C15H22N2O2/c1-2-4-15(19-13-5-11-18-12-6-13)14(3-1)17-9-7-16-8-10-17/h1-4,13,16H,5-12H2. The fourth-order valence-electron chi connectivity index (χ4n) is 2.70. The Balaban J connectivity index is 1.72. The predicted molar refractivity (Wildman–Crippen MR) is 76.0 cm³/mol. The van der Waals surface area contributed by atoms with Gasteiger partial charge < -0.3 is 19.7 Å². The molecule has 0 saturated carbocycles. The molecule has 1 N–H and O–H groups in total. The number of ether oxygens (including phenoxy) is 2. The van der Waals surface area contributed by atoms with Gasteiger partial charge in [0.05, 0.1) is 18.9 Å². The van der Waals surface area contributed by atoms with Crippen molar-refractivity contribution in [2.75, 3.05) is 44.3 Å². The van der Waals surface area contributed by atoms with Gasteiger partial charge in [-0.05, 0) is 12.1 Å². The Kier molecular flexibility index (Phi) is 4.20. The van der Waals surface area contributed by atoms with E-state index in [0.717, 1.165) is 58.0 Å². The summed E-state index contributed by atoms with van der Waals surface area (Å²) in [4.78, 5) is 2.41. The van der Waals surface area contributed by atoms with Crippen LogP contribution in [0.1, 0.15) is 12.8 Å². The van der Waals surface area contributed by atoms with Crippen molar-refractivity contribution in [2.24, 2.45) is 0 Å². The van der Waals surface area contributed by atoms with E-state index >= 15 is 0 Å². The molecule has 2 aliphatic rings. The van der Waals surface area contributed by atoms with Crippen LogP contribution < -0.4 is 15.0 Å². The third kappa shape index (κ3) is 3.19. The lowest BCUT2D eigenvalue weighted by Crippen LogP contribution is -2.43. The van der Waals surface area contributed by atoms with Crippen molar-refractivity contribution in [1.29, 1.82) is 0 Å². The second kappa shape index (κ2) is 6.26. The number of anilines is 1. The van der Waals surface area contributed by atoms with E-state index in [4.69, 9.17) is 9.47 Å². The minimum atomic E-state index is 0.304. The molecule has 0 radical (unpaired) electrons. The van der Waals surface area contributed by atoms with Gasteiger partial charge in [0.2, 0.25) is 0 Å². The van der Waals surface area contributed by atoms with Crippen LogP contribution in [0.2, 0.25) is 0 Å². The van der Waals surface area contributed by atoms with Gasteiger partial charge in [-0.2, -0.15) is 0 Å². The van der Waals surface area contributed by atoms with Crippen molar-refractivity contribution in [2.45, 2.75) is 18.9 Å². The highest BCUT2D eigenvalue weighted by Crippen LogP contribution is 2.30. The van der Waals surface area contributed by atoms with Gasteiger partial charge in [0.1, 0.15) is 11.9 Å². The molecule has 0 atom stereocenters. The van der Waals surface area contributed by atoms with Crippen LogP contribution in [0, 0.1) is 0 Å². The van der Waals surface area contributed by atoms with Crippen molar-refractivity contribution in [1.82, 2.24) is 5.32 Å². The Labute approximate surface area is 114 Å². The topological polar surface area (TPSA) is 33.7 Å². The molecule has 0 spiro atoms. The van der Waals surface area contributed by atoms with Crippen molar-refractivity contribution in [3.05, 3.63) is 24.3 Å². The first-order valence-corrected chi connectivity index (χ1v) is 7.22. The van der Waals surface area contributed by atoms with Gasteiger partial charge in [-0.3, -0.25) is 0 Å². The smallest absolute Gasteiger partial charge is 0.143 e. The number of hydrogen-bond donors (Lipinski definition) is 1. The molecule has 2 fully saturated rings. The fourth-order valence-corrected chi connectivity index (χ4v) is 2.70. The fraction of sp³-hybridized carbons (Fsp3) is 0.600. The molecule has 1 aromatic rings. The molecule has 0 aliphatic carbocycles. The zero-order valence-electron chi connectivity index (χ0n) is 11.3. The number of nitrogens with one attached hydrogen (secondary N) is 1. The first kappa shape index (κ1) is 12.8. The summed E-state index contributed by atoms with van der Waals surface area (Å²) in [5.74, 6) is 1.02. The summed E-state index contributed by atoms with van der Waals surface area (Å²) < 4.78 is 11.6. The van der Waals surface area contributed by atoms with Crippen LogP contribution >= 0.6 is 0 Å². The Morgan fingerprint density at radius 1 is 1.11 bits per heavy atom. The highest BCUT2D eigenvalue weighted by atomic mass is 16.5. The molecule has 0 unspecified atom stereocenters. The SMILES string of the molecule is c1ccc(N2CCNCC2)c(OC2CCOCC2)c1. The third-order valence-electron chi connectivity index (χ3n) is 3.78. The largest absolute Gasteiger partial charge is 0.488 e. The number of nitrogens with zero attached hydrogens (tertiary/aromatic N) is 1. The number of benzene rings is 1. The van der Waals surface area contributed by atoms with Gasteiger partial charge in [0.15, 0.2) is 0 Å². The molecule has 0 aromatic heterocycles. The summed E-state index contributed by atoms with van der Waals surface area (Å²) in [6.07, 6.45) is 2.30. The van der Waals surface area contributed by atoms with Crippen molar-refractivity contribution < 1.29 is 9.47 Å². The minimum absolute atomic E-state index is 0.304. The van der Waals surface area contributed by atoms with Crippen LogP contribution in [0.4, 0.5) is 5.69 Å². The highest BCUT2D eigenvalue weighted by molar-refractivity contribution is 5.58. The zero-order chi connectivity index (χ0) is 12.9. The number of hydrogen-bond acceptors (Lipinski definition) is 4. The second-order valence-electron chi connectivity index (χ2n) is 5.13. The molecule has 19 heavy (non-hydrogen) atoms. The van der Waals surface area contributed by atoms with Crippen LogP contribution in [-0.4, -0.2) is 45.5 Å². The van der Waals surface area contributed by atoms with Crippen molar-refractivity contribution in [3.63, 3.8) is 0 Å². The Morgan fingerprint density at radius 3 is 2.63 bits per heavy atom. The van der Waals surface area contributed by atoms with Gasteiger partial charge in [-0.1, -0.05) is 12.1 Å². The maximum atomic E-state index is 6.20. The molecule has 0 amide bonds. The van der Waals surface area contributed by atoms with Crippen LogP contribution in [0.15, 0.2) is 24.3 Å². The monoisotopic (exact) mass is 262 g/mol. The number of piperazine rings is 1. The molecular formula is C15H22N2O2. The van der Waals surface area contributed by atoms with Gasteiger partial charge >= 0.3 is 0 Å². The Hall–Kier alpha value is -1.26. The second-order valence-corrected chi connectivity index (χ2v) is 5.13. The molecule has 2 heterocycles. The van der Waals surface area contributed by atoms with Crippen molar-refractivity contribution in [3.8, 4) is 5.75 Å². The maximum absolute atomic E-state index is 6.20. The Morgan fingerprint density at radius 2 is 1.84 bits per heavy atom. The van der Waals surface area contributed by atoms with E-state index in [-0.39, 0.29) is 0 Å². The molecular weight excluding hydrogens is 240 g/mol. The van der Waals surface area contributed by atoms with E-state index in [1.165, 1.54) is 5.69 Å². The summed E-state index contributed by atoms with van der Waals surface area (Å²) in [5, 5.41) is 3.39. The van der Waals surface area contributed by atoms with E-state index < -0.39 is 0 Å². The Bertz CT molecular complexity index is 399. The average Bonchev–Trinajstić information content (AvgIpc) is 2.50. The normalized spacial score (nSPS) is 21.4. The predicted octanol–water partition coefficient (Wildman–Crippen LogP) is 1.65. The molecule has 4 nitrogen and oxygen atoms in total. The summed E-state index contributed by atoms with van der Waals surface area (Å²) in [6, 6.07) is 8.40. The highest BCUT2D eigenvalue weighted by Gasteiger charge is 2.19. The van der Waals surface area contributed by atoms with Gasteiger partial charge in [-0.25, -0.2) is 0 Å². The van der Waals surface area contributed by atoms with E-state index in [1.54, 1.807) is 0 Å². The molecule has 104 valence electrons. The first-order chi connectivity index (χ1) is 9.43. The van der Waals surface area contributed by atoms with Crippen LogP contribution in [-0.2, 0) is 4.74 Å². The zero-order valence-corrected chi connectivity index (χ0v) is 11.3. The average molecular weight is 262 g/mol. The molecule has 1 aromatic carbocycles. The summed E-state index contributed by atoms with van der Waals surface area (Å²) >= 11 is 0. The lowest BCUT2D eigenvalue weighted by atomic mass is 10.1. The minimum Gasteiger partial charge on any atom is -0.488 e. The summed E-state index contributed by atoms with van der Waals surface area (Å²) in [7, 11) is 0. The lowest BCUT2D eigenvalue weighted by Gasteiger charge is -2.32. The van der Waals surface area contributed by atoms with Crippen LogP contribution in [0.3, 0.4) is 0 Å². The number of rotatable bonds is 3. The summed E-state index contributed by atoms with van der Waals surface area (Å²) in [5.41, 5.74) is 1.23. The molecule has 4 heteroatoms. The van der Waals surface area contributed by atoms with E-state index in [0.29, 0.717) is 6.10 Å². The maximum Gasteiger partial charge on any atom is 0.143 e. The van der Waals surface area contributed by atoms with Gasteiger partial charge in [0, 0.05) is 39.0 Å². The molecule has 0 bridgehead atoms. The molecule has 2 aliphatic heterocycles. The van der Waals surface area contributed by atoms with Crippen LogP contribution in [0.5, 0.6) is 5.75 Å².